The number of carboxylic acids is 1. The zero-order valence-corrected chi connectivity index (χ0v) is 11.5. The summed E-state index contributed by atoms with van der Waals surface area (Å²) in [6.07, 6.45) is -0.151. The molecule has 104 valence electrons. The molecule has 0 aliphatic rings. The summed E-state index contributed by atoms with van der Waals surface area (Å²) in [4.78, 5) is 34.2. The van der Waals surface area contributed by atoms with Crippen LogP contribution in [0.1, 0.15) is 34.1 Å². The SMILES string of the molecule is CNC(=O)C(C)NC(=O)CC(C)(C(=O)O)C(C)C. The Bertz CT molecular complexity index is 341. The van der Waals surface area contributed by atoms with Gasteiger partial charge in [-0.1, -0.05) is 13.8 Å². The van der Waals surface area contributed by atoms with Crippen LogP contribution in [0.25, 0.3) is 0 Å². The van der Waals surface area contributed by atoms with Crippen LogP contribution < -0.4 is 10.6 Å². The molecule has 0 aromatic carbocycles. The lowest BCUT2D eigenvalue weighted by atomic mass is 9.76. The number of amides is 2. The molecule has 0 radical (unpaired) electrons. The fraction of sp³-hybridized carbons (Fsp3) is 0.750. The summed E-state index contributed by atoms with van der Waals surface area (Å²) >= 11 is 0. The molecule has 0 heterocycles. The van der Waals surface area contributed by atoms with Gasteiger partial charge in [-0.05, 0) is 19.8 Å². The quantitative estimate of drug-likeness (QED) is 0.641. The van der Waals surface area contributed by atoms with Gasteiger partial charge in [-0.3, -0.25) is 14.4 Å². The van der Waals surface area contributed by atoms with Gasteiger partial charge in [0.1, 0.15) is 6.04 Å². The van der Waals surface area contributed by atoms with Crippen LogP contribution in [-0.2, 0) is 14.4 Å². The van der Waals surface area contributed by atoms with Crippen LogP contribution in [0, 0.1) is 11.3 Å². The van der Waals surface area contributed by atoms with E-state index >= 15 is 0 Å². The highest BCUT2D eigenvalue weighted by Crippen LogP contribution is 2.31. The molecule has 0 spiro atoms. The fourth-order valence-electron chi connectivity index (χ4n) is 1.43. The van der Waals surface area contributed by atoms with Gasteiger partial charge < -0.3 is 15.7 Å². The van der Waals surface area contributed by atoms with Crippen molar-refractivity contribution in [2.75, 3.05) is 7.05 Å². The van der Waals surface area contributed by atoms with Crippen molar-refractivity contribution >= 4 is 17.8 Å². The van der Waals surface area contributed by atoms with Gasteiger partial charge in [-0.15, -0.1) is 0 Å². The first-order valence-corrected chi connectivity index (χ1v) is 5.89. The number of rotatable bonds is 6. The molecule has 0 saturated heterocycles. The van der Waals surface area contributed by atoms with Crippen LogP contribution in [0.3, 0.4) is 0 Å². The standard InChI is InChI=1S/C12H22N2O4/c1-7(2)12(4,11(17)18)6-9(15)14-8(3)10(16)13-5/h7-8H,6H2,1-5H3,(H,13,16)(H,14,15)(H,17,18). The van der Waals surface area contributed by atoms with E-state index in [1.54, 1.807) is 20.8 Å². The van der Waals surface area contributed by atoms with E-state index in [9.17, 15) is 19.5 Å². The highest BCUT2D eigenvalue weighted by Gasteiger charge is 2.39. The zero-order valence-electron chi connectivity index (χ0n) is 11.5. The van der Waals surface area contributed by atoms with E-state index in [2.05, 4.69) is 10.6 Å². The molecule has 3 N–H and O–H groups in total. The number of hydrogen-bond acceptors (Lipinski definition) is 3. The minimum atomic E-state index is -1.13. The Morgan fingerprint density at radius 1 is 1.22 bits per heavy atom. The van der Waals surface area contributed by atoms with Gasteiger partial charge in [0, 0.05) is 13.5 Å². The summed E-state index contributed by atoms with van der Waals surface area (Å²) in [6.45, 7) is 6.58. The third-order valence-corrected chi connectivity index (χ3v) is 3.31. The zero-order chi connectivity index (χ0) is 14.5. The van der Waals surface area contributed by atoms with E-state index in [1.807, 2.05) is 0 Å². The fourth-order valence-corrected chi connectivity index (χ4v) is 1.43. The van der Waals surface area contributed by atoms with Crippen molar-refractivity contribution in [2.45, 2.75) is 40.2 Å². The van der Waals surface area contributed by atoms with Gasteiger partial charge in [0.15, 0.2) is 0 Å². The first-order valence-electron chi connectivity index (χ1n) is 5.89. The predicted octanol–water partition coefficient (Wildman–Crippen LogP) is 0.374. The molecule has 2 atom stereocenters. The number of likely N-dealkylation sites (N-methyl/N-ethyl adjacent to an activating group) is 1. The van der Waals surface area contributed by atoms with Crippen LogP contribution in [0.4, 0.5) is 0 Å². The Labute approximate surface area is 107 Å². The Hall–Kier alpha value is -1.59. The van der Waals surface area contributed by atoms with Gasteiger partial charge in [0.05, 0.1) is 5.41 Å². The van der Waals surface area contributed by atoms with E-state index in [4.69, 9.17) is 0 Å². The largest absolute Gasteiger partial charge is 0.481 e. The number of nitrogens with one attached hydrogen (secondary N) is 2. The molecule has 2 amide bonds. The maximum atomic E-state index is 11.7. The Kier molecular flexibility index (Phi) is 5.81. The Morgan fingerprint density at radius 2 is 1.72 bits per heavy atom. The van der Waals surface area contributed by atoms with Crippen LogP contribution >= 0.6 is 0 Å². The predicted molar refractivity (Wildman–Crippen MR) is 66.9 cm³/mol. The van der Waals surface area contributed by atoms with Crippen molar-refractivity contribution in [2.24, 2.45) is 11.3 Å². The average molecular weight is 258 g/mol. The minimum Gasteiger partial charge on any atom is -0.481 e. The molecule has 2 unspecified atom stereocenters. The lowest BCUT2D eigenvalue weighted by molar-refractivity contribution is -0.153. The summed E-state index contributed by atoms with van der Waals surface area (Å²) in [6, 6.07) is -0.673. The summed E-state index contributed by atoms with van der Waals surface area (Å²) in [5.41, 5.74) is -1.13. The molecule has 0 aliphatic carbocycles. The third kappa shape index (κ3) is 4.01. The Morgan fingerprint density at radius 3 is 2.06 bits per heavy atom. The molecule has 0 aromatic rings. The van der Waals surface area contributed by atoms with Crippen molar-refractivity contribution in [3.8, 4) is 0 Å². The lowest BCUT2D eigenvalue weighted by Gasteiger charge is -2.28. The molecular formula is C12H22N2O4. The normalized spacial score (nSPS) is 15.7. The van der Waals surface area contributed by atoms with Crippen molar-refractivity contribution in [1.82, 2.24) is 10.6 Å². The summed E-state index contributed by atoms with van der Waals surface area (Å²) < 4.78 is 0. The van der Waals surface area contributed by atoms with Gasteiger partial charge in [0.2, 0.25) is 11.8 Å². The lowest BCUT2D eigenvalue weighted by Crippen LogP contribution is -2.46. The van der Waals surface area contributed by atoms with Gasteiger partial charge in [-0.25, -0.2) is 0 Å². The maximum absolute atomic E-state index is 11.7. The van der Waals surface area contributed by atoms with Crippen LogP contribution in [0.5, 0.6) is 0 Å². The number of carbonyl (C=O) groups excluding carboxylic acids is 2. The molecule has 0 rings (SSSR count). The molecule has 0 saturated carbocycles. The number of carboxylic acid groups (broad SMARTS) is 1. The summed E-state index contributed by atoms with van der Waals surface area (Å²) in [5.74, 6) is -1.95. The molecule has 6 nitrogen and oxygen atoms in total. The van der Waals surface area contributed by atoms with Crippen molar-refractivity contribution in [3.05, 3.63) is 0 Å². The molecule has 18 heavy (non-hydrogen) atoms. The molecular weight excluding hydrogens is 236 g/mol. The second-order valence-corrected chi connectivity index (χ2v) is 4.96. The Balaban J connectivity index is 4.64. The highest BCUT2D eigenvalue weighted by atomic mass is 16.4. The second-order valence-electron chi connectivity index (χ2n) is 4.96. The maximum Gasteiger partial charge on any atom is 0.310 e. The smallest absolute Gasteiger partial charge is 0.310 e. The number of hydrogen-bond donors (Lipinski definition) is 3. The second kappa shape index (κ2) is 6.37. The van der Waals surface area contributed by atoms with Crippen LogP contribution in [0.2, 0.25) is 0 Å². The number of carbonyl (C=O) groups is 3. The molecule has 6 heteroatoms. The average Bonchev–Trinajstić information content (AvgIpc) is 2.26. The van der Waals surface area contributed by atoms with E-state index < -0.39 is 23.3 Å². The molecule has 0 aliphatic heterocycles. The summed E-state index contributed by atoms with van der Waals surface area (Å²) in [7, 11) is 1.47. The van der Waals surface area contributed by atoms with Crippen molar-refractivity contribution < 1.29 is 19.5 Å². The van der Waals surface area contributed by atoms with E-state index in [1.165, 1.54) is 14.0 Å². The van der Waals surface area contributed by atoms with E-state index in [-0.39, 0.29) is 18.2 Å². The number of aliphatic carboxylic acids is 1. The van der Waals surface area contributed by atoms with Gasteiger partial charge in [-0.2, -0.15) is 0 Å². The molecule has 0 bridgehead atoms. The van der Waals surface area contributed by atoms with Crippen molar-refractivity contribution in [3.63, 3.8) is 0 Å². The summed E-state index contributed by atoms with van der Waals surface area (Å²) in [5, 5.41) is 14.1. The topological polar surface area (TPSA) is 95.5 Å². The monoisotopic (exact) mass is 258 g/mol. The van der Waals surface area contributed by atoms with E-state index in [0.29, 0.717) is 0 Å². The van der Waals surface area contributed by atoms with Crippen molar-refractivity contribution in [1.29, 1.82) is 0 Å². The third-order valence-electron chi connectivity index (χ3n) is 3.31. The minimum absolute atomic E-state index is 0.151. The van der Waals surface area contributed by atoms with E-state index in [0.717, 1.165) is 0 Å². The van der Waals surface area contributed by atoms with Gasteiger partial charge in [0.25, 0.3) is 0 Å². The molecule has 0 fully saturated rings. The van der Waals surface area contributed by atoms with Crippen LogP contribution in [0.15, 0.2) is 0 Å². The first-order chi connectivity index (χ1) is 8.15. The first kappa shape index (κ1) is 16.4. The van der Waals surface area contributed by atoms with Gasteiger partial charge >= 0.3 is 5.97 Å². The molecule has 0 aromatic heterocycles. The van der Waals surface area contributed by atoms with Crippen LogP contribution in [-0.4, -0.2) is 36.0 Å². The highest BCUT2D eigenvalue weighted by molar-refractivity contribution is 5.89.